The summed E-state index contributed by atoms with van der Waals surface area (Å²) in [6.45, 7) is 3.35. The van der Waals surface area contributed by atoms with Crippen LogP contribution < -0.4 is 16.9 Å². The highest BCUT2D eigenvalue weighted by atomic mass is 16.2. The number of H-pyrrole nitrogens is 1. The molecule has 0 bridgehead atoms. The van der Waals surface area contributed by atoms with Crippen molar-refractivity contribution in [2.75, 3.05) is 13.1 Å². The fraction of sp³-hybridized carbons (Fsp3) is 0.438. The SMILES string of the molecule is CCn1c(=O)c(=O)[nH]c2cc(C(=O)N3CCCC3CN)ccc21. The lowest BCUT2D eigenvalue weighted by Gasteiger charge is -2.23. The third-order valence-corrected chi connectivity index (χ3v) is 4.45. The monoisotopic (exact) mass is 316 g/mol. The van der Waals surface area contributed by atoms with Gasteiger partial charge < -0.3 is 20.2 Å². The van der Waals surface area contributed by atoms with Gasteiger partial charge in [-0.1, -0.05) is 0 Å². The van der Waals surface area contributed by atoms with E-state index in [1.54, 1.807) is 30.0 Å². The molecule has 1 fully saturated rings. The molecule has 7 heteroatoms. The van der Waals surface area contributed by atoms with Crippen LogP contribution >= 0.6 is 0 Å². The van der Waals surface area contributed by atoms with Crippen LogP contribution in [0.4, 0.5) is 0 Å². The fourth-order valence-corrected chi connectivity index (χ4v) is 3.24. The molecule has 23 heavy (non-hydrogen) atoms. The molecule has 122 valence electrons. The highest BCUT2D eigenvalue weighted by Crippen LogP contribution is 2.20. The summed E-state index contributed by atoms with van der Waals surface area (Å²) in [6.07, 6.45) is 1.87. The van der Waals surface area contributed by atoms with Crippen LogP contribution in [0.25, 0.3) is 11.0 Å². The molecule has 3 N–H and O–H groups in total. The van der Waals surface area contributed by atoms with Crippen molar-refractivity contribution in [3.8, 4) is 0 Å². The lowest BCUT2D eigenvalue weighted by molar-refractivity contribution is 0.0741. The molecule has 7 nitrogen and oxygen atoms in total. The van der Waals surface area contributed by atoms with E-state index >= 15 is 0 Å². The van der Waals surface area contributed by atoms with Gasteiger partial charge in [0.15, 0.2) is 0 Å². The number of carbonyl (C=O) groups is 1. The molecule has 1 saturated heterocycles. The number of amides is 1. The molecule has 0 saturated carbocycles. The topological polar surface area (TPSA) is 101 Å². The normalized spacial score (nSPS) is 17.8. The minimum atomic E-state index is -0.676. The number of aromatic amines is 1. The van der Waals surface area contributed by atoms with Gasteiger partial charge in [0.2, 0.25) is 0 Å². The number of hydrogen-bond donors (Lipinski definition) is 2. The summed E-state index contributed by atoms with van der Waals surface area (Å²) in [5.41, 5.74) is 6.07. The minimum absolute atomic E-state index is 0.0711. The Hall–Kier alpha value is -2.41. The summed E-state index contributed by atoms with van der Waals surface area (Å²) in [6, 6.07) is 5.11. The molecule has 0 aliphatic carbocycles. The molecule has 1 aromatic heterocycles. The van der Waals surface area contributed by atoms with E-state index in [2.05, 4.69) is 4.98 Å². The first-order valence-electron chi connectivity index (χ1n) is 7.84. The number of aryl methyl sites for hydroxylation is 1. The Bertz CT molecular complexity index is 868. The number of aromatic nitrogens is 2. The molecular formula is C16H20N4O3. The van der Waals surface area contributed by atoms with E-state index in [0.717, 1.165) is 12.8 Å². The van der Waals surface area contributed by atoms with Crippen LogP contribution in [-0.2, 0) is 6.54 Å². The third kappa shape index (κ3) is 2.57. The molecule has 1 atom stereocenters. The lowest BCUT2D eigenvalue weighted by atomic mass is 10.1. The zero-order valence-corrected chi connectivity index (χ0v) is 13.0. The molecule has 0 radical (unpaired) electrons. The fourth-order valence-electron chi connectivity index (χ4n) is 3.24. The number of nitrogens with two attached hydrogens (primary N) is 1. The van der Waals surface area contributed by atoms with Crippen molar-refractivity contribution in [3.05, 3.63) is 44.5 Å². The summed E-state index contributed by atoms with van der Waals surface area (Å²) < 4.78 is 1.40. The molecule has 1 aliphatic heterocycles. The van der Waals surface area contributed by atoms with E-state index in [0.29, 0.717) is 36.2 Å². The van der Waals surface area contributed by atoms with E-state index in [-0.39, 0.29) is 11.9 Å². The van der Waals surface area contributed by atoms with Crippen LogP contribution in [0.3, 0.4) is 0 Å². The Morgan fingerprint density at radius 3 is 2.87 bits per heavy atom. The highest BCUT2D eigenvalue weighted by Gasteiger charge is 2.28. The van der Waals surface area contributed by atoms with Crippen LogP contribution in [0.1, 0.15) is 30.1 Å². The van der Waals surface area contributed by atoms with E-state index < -0.39 is 11.1 Å². The summed E-state index contributed by atoms with van der Waals surface area (Å²) >= 11 is 0. The number of rotatable bonds is 3. The zero-order chi connectivity index (χ0) is 16.6. The smallest absolute Gasteiger partial charge is 0.316 e. The Kier molecular flexibility index (Phi) is 4.04. The van der Waals surface area contributed by atoms with Crippen molar-refractivity contribution in [1.82, 2.24) is 14.5 Å². The average Bonchev–Trinajstić information content (AvgIpc) is 3.03. The number of fused-ring (bicyclic) bond motifs is 1. The van der Waals surface area contributed by atoms with Crippen molar-refractivity contribution in [3.63, 3.8) is 0 Å². The zero-order valence-electron chi connectivity index (χ0n) is 13.0. The number of benzene rings is 1. The van der Waals surface area contributed by atoms with Gasteiger partial charge in [0.25, 0.3) is 5.91 Å². The molecule has 1 aromatic carbocycles. The summed E-state index contributed by atoms with van der Waals surface area (Å²) in [5.74, 6) is -0.0880. The maximum absolute atomic E-state index is 12.7. The average molecular weight is 316 g/mol. The molecule has 1 aliphatic rings. The third-order valence-electron chi connectivity index (χ3n) is 4.45. The Labute approximate surface area is 132 Å². The number of nitrogens with zero attached hydrogens (tertiary/aromatic N) is 2. The Balaban J connectivity index is 2.07. The van der Waals surface area contributed by atoms with Crippen LogP contribution in [0.2, 0.25) is 0 Å². The maximum Gasteiger partial charge on any atom is 0.316 e. The van der Waals surface area contributed by atoms with Gasteiger partial charge in [-0.25, -0.2) is 0 Å². The van der Waals surface area contributed by atoms with Gasteiger partial charge in [0.05, 0.1) is 11.0 Å². The van der Waals surface area contributed by atoms with Crippen LogP contribution in [0, 0.1) is 0 Å². The van der Waals surface area contributed by atoms with E-state index in [1.807, 2.05) is 0 Å². The van der Waals surface area contributed by atoms with Gasteiger partial charge in [-0.05, 0) is 38.0 Å². The largest absolute Gasteiger partial charge is 0.334 e. The van der Waals surface area contributed by atoms with Crippen LogP contribution in [0.15, 0.2) is 27.8 Å². The van der Waals surface area contributed by atoms with Crippen molar-refractivity contribution in [2.24, 2.45) is 5.73 Å². The highest BCUT2D eigenvalue weighted by molar-refractivity contribution is 5.97. The second-order valence-corrected chi connectivity index (χ2v) is 5.77. The van der Waals surface area contributed by atoms with Gasteiger partial charge in [-0.15, -0.1) is 0 Å². The van der Waals surface area contributed by atoms with Gasteiger partial charge in [0.1, 0.15) is 0 Å². The Morgan fingerprint density at radius 1 is 1.39 bits per heavy atom. The predicted molar refractivity (Wildman–Crippen MR) is 87.6 cm³/mol. The number of likely N-dealkylation sites (tertiary alicyclic amines) is 1. The molecule has 3 rings (SSSR count). The molecule has 1 amide bonds. The van der Waals surface area contributed by atoms with E-state index in [1.165, 1.54) is 4.57 Å². The van der Waals surface area contributed by atoms with Gasteiger partial charge >= 0.3 is 11.1 Å². The van der Waals surface area contributed by atoms with Crippen molar-refractivity contribution in [2.45, 2.75) is 32.4 Å². The van der Waals surface area contributed by atoms with Crippen molar-refractivity contribution >= 4 is 16.9 Å². The minimum Gasteiger partial charge on any atom is -0.334 e. The molecule has 1 unspecified atom stereocenters. The van der Waals surface area contributed by atoms with Crippen LogP contribution in [0.5, 0.6) is 0 Å². The quantitative estimate of drug-likeness (QED) is 0.794. The number of hydrogen-bond acceptors (Lipinski definition) is 4. The van der Waals surface area contributed by atoms with Crippen molar-refractivity contribution in [1.29, 1.82) is 0 Å². The first-order chi connectivity index (χ1) is 11.1. The summed E-state index contributed by atoms with van der Waals surface area (Å²) in [4.78, 5) is 40.6. The van der Waals surface area contributed by atoms with Gasteiger partial charge in [-0.2, -0.15) is 0 Å². The first-order valence-corrected chi connectivity index (χ1v) is 7.84. The molecule has 2 aromatic rings. The summed E-state index contributed by atoms with van der Waals surface area (Å²) in [7, 11) is 0. The van der Waals surface area contributed by atoms with E-state index in [4.69, 9.17) is 5.73 Å². The number of nitrogens with one attached hydrogen (secondary N) is 1. The maximum atomic E-state index is 12.7. The van der Waals surface area contributed by atoms with Gasteiger partial charge in [-0.3, -0.25) is 14.4 Å². The molecular weight excluding hydrogens is 296 g/mol. The second kappa shape index (κ2) is 6.00. The number of carbonyl (C=O) groups excluding carboxylic acids is 1. The summed E-state index contributed by atoms with van der Waals surface area (Å²) in [5, 5.41) is 0. The predicted octanol–water partition coefficient (Wildman–Crippen LogP) is 0.273. The molecule has 0 spiro atoms. The second-order valence-electron chi connectivity index (χ2n) is 5.77. The van der Waals surface area contributed by atoms with Crippen LogP contribution in [-0.4, -0.2) is 39.5 Å². The molecule has 2 heterocycles. The lowest BCUT2D eigenvalue weighted by Crippen LogP contribution is -2.40. The Morgan fingerprint density at radius 2 is 2.17 bits per heavy atom. The van der Waals surface area contributed by atoms with Gasteiger partial charge in [0, 0.05) is 31.2 Å². The standard InChI is InChI=1S/C16H20N4O3/c1-2-19-13-6-5-10(8-12(13)18-14(21)16(19)23)15(22)20-7-3-4-11(20)9-17/h5-6,8,11H,2-4,7,9,17H2,1H3,(H,18,21). The van der Waals surface area contributed by atoms with Crippen molar-refractivity contribution < 1.29 is 4.79 Å². The first kappa shape index (κ1) is 15.5. The van der Waals surface area contributed by atoms with E-state index in [9.17, 15) is 14.4 Å².